The summed E-state index contributed by atoms with van der Waals surface area (Å²) >= 11 is 0. The normalized spacial score (nSPS) is 13.0. The minimum Gasteiger partial charge on any atom is -0.264 e. The van der Waals surface area contributed by atoms with Crippen LogP contribution in [0.4, 0.5) is 0 Å². The number of unbranched alkanes of at least 4 members (excludes halogenated alkanes) is 17. The average Bonchev–Trinajstić information content (AvgIpc) is 2.70. The summed E-state index contributed by atoms with van der Waals surface area (Å²) < 4.78 is 35.4. The highest BCUT2D eigenvalue weighted by Crippen LogP contribution is 2.20. The van der Waals surface area contributed by atoms with Crippen molar-refractivity contribution in [2.45, 2.75) is 149 Å². The van der Waals surface area contributed by atoms with Crippen molar-refractivity contribution in [1.29, 1.82) is 0 Å². The standard InChI is InChI=1S/C25H52O4S/c1-3-5-7-9-11-12-13-14-15-17-19-21-23-25(24-29-30(26,27)28)22-20-18-16-10-8-6-4-2/h25H,3-24H2,1-2H3,(H,26,27,28). The van der Waals surface area contributed by atoms with Crippen LogP contribution in [-0.4, -0.2) is 19.6 Å². The van der Waals surface area contributed by atoms with E-state index in [0.717, 1.165) is 25.7 Å². The molecule has 0 aromatic rings. The topological polar surface area (TPSA) is 63.6 Å². The second kappa shape index (κ2) is 22.1. The van der Waals surface area contributed by atoms with Crippen molar-refractivity contribution < 1.29 is 17.2 Å². The van der Waals surface area contributed by atoms with Gasteiger partial charge in [-0.2, -0.15) is 8.42 Å². The minimum absolute atomic E-state index is 0.132. The van der Waals surface area contributed by atoms with E-state index in [-0.39, 0.29) is 12.5 Å². The third-order valence-corrected chi connectivity index (χ3v) is 6.57. The average molecular weight is 449 g/mol. The molecule has 0 aromatic heterocycles. The molecule has 0 saturated carbocycles. The van der Waals surface area contributed by atoms with Gasteiger partial charge in [0.1, 0.15) is 0 Å². The second-order valence-corrected chi connectivity index (χ2v) is 10.3. The van der Waals surface area contributed by atoms with E-state index in [1.54, 1.807) is 0 Å². The molecule has 4 nitrogen and oxygen atoms in total. The Morgan fingerprint density at radius 2 is 0.867 bits per heavy atom. The highest BCUT2D eigenvalue weighted by atomic mass is 32.3. The summed E-state index contributed by atoms with van der Waals surface area (Å²) in [6.45, 7) is 4.63. The van der Waals surface area contributed by atoms with Gasteiger partial charge in [0.15, 0.2) is 0 Å². The molecule has 0 aromatic carbocycles. The molecule has 0 radical (unpaired) electrons. The molecule has 5 heteroatoms. The van der Waals surface area contributed by atoms with E-state index < -0.39 is 10.4 Å². The van der Waals surface area contributed by atoms with Crippen LogP contribution in [0.1, 0.15) is 149 Å². The Bertz CT molecular complexity index is 436. The smallest absolute Gasteiger partial charge is 0.264 e. The molecule has 0 aliphatic carbocycles. The predicted octanol–water partition coefficient (Wildman–Crippen LogP) is 8.65. The van der Waals surface area contributed by atoms with Gasteiger partial charge in [-0.25, -0.2) is 4.18 Å². The van der Waals surface area contributed by atoms with Gasteiger partial charge in [-0.05, 0) is 18.8 Å². The van der Waals surface area contributed by atoms with Crippen LogP contribution in [-0.2, 0) is 14.6 Å². The van der Waals surface area contributed by atoms with Crippen molar-refractivity contribution in [1.82, 2.24) is 0 Å². The summed E-state index contributed by atoms with van der Waals surface area (Å²) in [6, 6.07) is 0. The largest absolute Gasteiger partial charge is 0.397 e. The molecule has 1 atom stereocenters. The van der Waals surface area contributed by atoms with Crippen LogP contribution in [0.15, 0.2) is 0 Å². The van der Waals surface area contributed by atoms with Gasteiger partial charge in [-0.15, -0.1) is 0 Å². The third-order valence-electron chi connectivity index (χ3n) is 6.13. The Hall–Kier alpha value is -0.130. The summed E-state index contributed by atoms with van der Waals surface area (Å²) in [5.41, 5.74) is 0. The lowest BCUT2D eigenvalue weighted by molar-refractivity contribution is 0.204. The van der Waals surface area contributed by atoms with Gasteiger partial charge in [0.05, 0.1) is 6.61 Å². The highest BCUT2D eigenvalue weighted by molar-refractivity contribution is 7.80. The quantitative estimate of drug-likeness (QED) is 0.118. The Morgan fingerprint density at radius 1 is 0.567 bits per heavy atom. The van der Waals surface area contributed by atoms with Gasteiger partial charge in [-0.1, -0.05) is 136 Å². The SMILES string of the molecule is CCCCCCCCCCCCCCC(CCCCCCCCC)COS(=O)(=O)O. The fourth-order valence-corrected chi connectivity index (χ4v) is 4.52. The van der Waals surface area contributed by atoms with E-state index in [4.69, 9.17) is 4.55 Å². The maximum atomic E-state index is 10.9. The molecular weight excluding hydrogens is 396 g/mol. The lowest BCUT2D eigenvalue weighted by atomic mass is 9.94. The zero-order chi connectivity index (χ0) is 22.3. The fourth-order valence-electron chi connectivity index (χ4n) is 4.16. The molecule has 0 rings (SSSR count). The van der Waals surface area contributed by atoms with Gasteiger partial charge in [0.2, 0.25) is 0 Å². The van der Waals surface area contributed by atoms with Gasteiger partial charge >= 0.3 is 10.4 Å². The van der Waals surface area contributed by atoms with Crippen molar-refractivity contribution in [3.8, 4) is 0 Å². The highest BCUT2D eigenvalue weighted by Gasteiger charge is 2.13. The first-order valence-electron chi connectivity index (χ1n) is 13.1. The molecule has 0 heterocycles. The molecule has 0 spiro atoms. The summed E-state index contributed by atoms with van der Waals surface area (Å²) in [5, 5.41) is 0. The Kier molecular flexibility index (Phi) is 22.0. The fraction of sp³-hybridized carbons (Fsp3) is 1.00. The van der Waals surface area contributed by atoms with Crippen LogP contribution in [0.2, 0.25) is 0 Å². The molecule has 0 bridgehead atoms. The molecule has 1 unspecified atom stereocenters. The number of hydrogen-bond acceptors (Lipinski definition) is 3. The maximum Gasteiger partial charge on any atom is 0.397 e. The molecule has 0 aliphatic rings. The first-order chi connectivity index (χ1) is 14.5. The summed E-state index contributed by atoms with van der Waals surface area (Å²) in [6.07, 6.45) is 26.8. The molecule has 1 N–H and O–H groups in total. The zero-order valence-electron chi connectivity index (χ0n) is 20.2. The van der Waals surface area contributed by atoms with Gasteiger partial charge in [-0.3, -0.25) is 4.55 Å². The lowest BCUT2D eigenvalue weighted by Gasteiger charge is -2.16. The summed E-state index contributed by atoms with van der Waals surface area (Å²) in [7, 11) is -4.32. The summed E-state index contributed by atoms with van der Waals surface area (Å²) in [5.74, 6) is 0.241. The van der Waals surface area contributed by atoms with Crippen LogP contribution in [0, 0.1) is 5.92 Å². The maximum absolute atomic E-state index is 10.9. The van der Waals surface area contributed by atoms with E-state index in [0.29, 0.717) is 0 Å². The Labute approximate surface area is 188 Å². The molecule has 0 aliphatic heterocycles. The second-order valence-electron chi connectivity index (χ2n) is 9.17. The lowest BCUT2D eigenvalue weighted by Crippen LogP contribution is -2.14. The number of hydrogen-bond donors (Lipinski definition) is 1. The van der Waals surface area contributed by atoms with Crippen LogP contribution in [0.5, 0.6) is 0 Å². The van der Waals surface area contributed by atoms with Gasteiger partial charge < -0.3 is 0 Å². The van der Waals surface area contributed by atoms with E-state index in [1.165, 1.54) is 109 Å². The Morgan fingerprint density at radius 3 is 1.17 bits per heavy atom. The van der Waals surface area contributed by atoms with E-state index >= 15 is 0 Å². The molecule has 30 heavy (non-hydrogen) atoms. The number of rotatable bonds is 24. The molecule has 0 amide bonds. The zero-order valence-corrected chi connectivity index (χ0v) is 21.0. The van der Waals surface area contributed by atoms with Crippen LogP contribution in [0.3, 0.4) is 0 Å². The van der Waals surface area contributed by atoms with Crippen LogP contribution in [0.25, 0.3) is 0 Å². The van der Waals surface area contributed by atoms with Crippen molar-refractivity contribution in [2.24, 2.45) is 5.92 Å². The van der Waals surface area contributed by atoms with E-state index in [2.05, 4.69) is 18.0 Å². The predicted molar refractivity (Wildman–Crippen MR) is 129 cm³/mol. The monoisotopic (exact) mass is 448 g/mol. The van der Waals surface area contributed by atoms with Crippen molar-refractivity contribution in [3.63, 3.8) is 0 Å². The van der Waals surface area contributed by atoms with E-state index in [9.17, 15) is 8.42 Å². The van der Waals surface area contributed by atoms with Gasteiger partial charge in [0, 0.05) is 0 Å². The third kappa shape index (κ3) is 24.1. The van der Waals surface area contributed by atoms with Crippen molar-refractivity contribution >= 4 is 10.4 Å². The first kappa shape index (κ1) is 29.9. The van der Waals surface area contributed by atoms with Gasteiger partial charge in [0.25, 0.3) is 0 Å². The first-order valence-corrected chi connectivity index (χ1v) is 14.5. The molecule has 0 fully saturated rings. The van der Waals surface area contributed by atoms with Crippen molar-refractivity contribution in [2.75, 3.05) is 6.61 Å². The minimum atomic E-state index is -4.32. The molecule has 182 valence electrons. The molecule has 0 saturated heterocycles. The summed E-state index contributed by atoms with van der Waals surface area (Å²) in [4.78, 5) is 0. The van der Waals surface area contributed by atoms with Crippen LogP contribution < -0.4 is 0 Å². The van der Waals surface area contributed by atoms with E-state index in [1.807, 2.05) is 0 Å². The van der Waals surface area contributed by atoms with Crippen molar-refractivity contribution in [3.05, 3.63) is 0 Å². The Balaban J connectivity index is 3.74. The molecular formula is C25H52O4S. The van der Waals surface area contributed by atoms with Crippen LogP contribution >= 0.6 is 0 Å².